The molecule has 0 aliphatic heterocycles. The SMILES string of the molecule is CCCC(CC)ON(Cc1ccccc1)C(=O)CCCCCCN=C(NC#N)Nc1ccncc1. The van der Waals surface area contributed by atoms with Crippen LogP contribution in [0.1, 0.15) is 70.8 Å². The average Bonchev–Trinajstić information content (AvgIpc) is 2.88. The molecular weight excluding hydrogens is 440 g/mol. The fourth-order valence-corrected chi connectivity index (χ4v) is 3.56. The lowest BCUT2D eigenvalue weighted by atomic mass is 10.1. The third kappa shape index (κ3) is 11.5. The first-order valence-corrected chi connectivity index (χ1v) is 12.5. The number of unbranched alkanes of at least 4 members (excludes halogenated alkanes) is 3. The van der Waals surface area contributed by atoms with Crippen molar-refractivity contribution in [2.24, 2.45) is 4.99 Å². The minimum absolute atomic E-state index is 0.0310. The molecule has 8 nitrogen and oxygen atoms in total. The van der Waals surface area contributed by atoms with Gasteiger partial charge in [0.2, 0.25) is 11.9 Å². The van der Waals surface area contributed by atoms with Gasteiger partial charge in [-0.1, -0.05) is 63.4 Å². The number of hydroxylamine groups is 2. The zero-order chi connectivity index (χ0) is 25.1. The molecular formula is C27H38N6O2. The highest BCUT2D eigenvalue weighted by molar-refractivity contribution is 5.94. The summed E-state index contributed by atoms with van der Waals surface area (Å²) in [6.45, 7) is 5.29. The van der Waals surface area contributed by atoms with Gasteiger partial charge in [-0.15, -0.1) is 0 Å². The largest absolute Gasteiger partial charge is 0.325 e. The number of aliphatic imine (C=N–C) groups is 1. The second-order valence-corrected chi connectivity index (χ2v) is 8.33. The van der Waals surface area contributed by atoms with Crippen LogP contribution in [0.2, 0.25) is 0 Å². The van der Waals surface area contributed by atoms with E-state index in [9.17, 15) is 4.79 Å². The Kier molecular flexibility index (Phi) is 13.6. The quantitative estimate of drug-likeness (QED) is 0.0886. The van der Waals surface area contributed by atoms with Crippen LogP contribution in [0, 0.1) is 11.5 Å². The van der Waals surface area contributed by atoms with Crippen molar-refractivity contribution in [2.45, 2.75) is 77.9 Å². The molecule has 35 heavy (non-hydrogen) atoms. The topological polar surface area (TPSA) is 103 Å². The molecule has 0 radical (unpaired) electrons. The number of anilines is 1. The molecule has 8 heteroatoms. The number of hydrogen-bond acceptors (Lipinski definition) is 5. The molecule has 2 aromatic rings. The summed E-state index contributed by atoms with van der Waals surface area (Å²) in [5.41, 5.74) is 1.87. The van der Waals surface area contributed by atoms with Gasteiger partial charge in [-0.05, 0) is 43.4 Å². The molecule has 0 saturated heterocycles. The summed E-state index contributed by atoms with van der Waals surface area (Å²) in [5.74, 6) is 0.448. The van der Waals surface area contributed by atoms with E-state index in [1.54, 1.807) is 29.6 Å². The normalized spacial score (nSPS) is 12.0. The number of nitrogens with one attached hydrogen (secondary N) is 2. The zero-order valence-electron chi connectivity index (χ0n) is 20.9. The number of carbonyl (C=O) groups is 1. The molecule has 1 heterocycles. The van der Waals surface area contributed by atoms with E-state index in [1.165, 1.54) is 0 Å². The first-order valence-electron chi connectivity index (χ1n) is 12.5. The maximum atomic E-state index is 13.0. The van der Waals surface area contributed by atoms with E-state index < -0.39 is 0 Å². The van der Waals surface area contributed by atoms with Crippen molar-refractivity contribution in [3.63, 3.8) is 0 Å². The molecule has 1 atom stereocenters. The van der Waals surface area contributed by atoms with Gasteiger partial charge in [0.05, 0.1) is 12.6 Å². The van der Waals surface area contributed by atoms with Crippen molar-refractivity contribution in [2.75, 3.05) is 11.9 Å². The van der Waals surface area contributed by atoms with Crippen molar-refractivity contribution >= 4 is 17.6 Å². The summed E-state index contributed by atoms with van der Waals surface area (Å²) in [7, 11) is 0. The maximum Gasteiger partial charge on any atom is 0.246 e. The Labute approximate surface area is 209 Å². The minimum atomic E-state index is 0.0310. The van der Waals surface area contributed by atoms with Gasteiger partial charge < -0.3 is 5.32 Å². The molecule has 1 aromatic carbocycles. The Balaban J connectivity index is 1.76. The van der Waals surface area contributed by atoms with E-state index in [-0.39, 0.29) is 12.0 Å². The van der Waals surface area contributed by atoms with Gasteiger partial charge in [0.15, 0.2) is 6.19 Å². The lowest BCUT2D eigenvalue weighted by Gasteiger charge is -2.27. The van der Waals surface area contributed by atoms with Crippen molar-refractivity contribution in [1.82, 2.24) is 15.4 Å². The Hall–Kier alpha value is -3.44. The number of pyridine rings is 1. The summed E-state index contributed by atoms with van der Waals surface area (Å²) in [5, 5.41) is 16.1. The average molecular weight is 479 g/mol. The van der Waals surface area contributed by atoms with Crippen molar-refractivity contribution in [3.8, 4) is 6.19 Å². The predicted molar refractivity (Wildman–Crippen MR) is 139 cm³/mol. The van der Waals surface area contributed by atoms with Crippen molar-refractivity contribution in [3.05, 3.63) is 60.4 Å². The first-order chi connectivity index (χ1) is 17.2. The van der Waals surface area contributed by atoms with Crippen LogP contribution in [-0.2, 0) is 16.2 Å². The third-order valence-corrected chi connectivity index (χ3v) is 5.48. The summed E-state index contributed by atoms with van der Waals surface area (Å²) in [4.78, 5) is 27.5. The summed E-state index contributed by atoms with van der Waals surface area (Å²) in [6, 6.07) is 13.6. The van der Waals surface area contributed by atoms with Gasteiger partial charge in [-0.25, -0.2) is 5.06 Å². The van der Waals surface area contributed by atoms with E-state index in [0.717, 1.165) is 56.2 Å². The fraction of sp³-hybridized carbons (Fsp3) is 0.481. The number of carbonyl (C=O) groups excluding carboxylic acids is 1. The Morgan fingerprint density at radius 3 is 2.54 bits per heavy atom. The van der Waals surface area contributed by atoms with Crippen LogP contribution >= 0.6 is 0 Å². The standard InChI is InChI=1S/C27H38N6O2/c1-3-12-25(4-2)35-33(21-23-13-8-7-9-14-23)26(34)15-10-5-6-11-18-30-27(31-22-28)32-24-16-19-29-20-17-24/h7-9,13-14,16-17,19-20,25H,3-6,10-12,15,18,21H2,1-2H3,(H2,29,30,31,32). The molecule has 0 spiro atoms. The molecule has 1 aromatic heterocycles. The van der Waals surface area contributed by atoms with E-state index in [0.29, 0.717) is 25.5 Å². The van der Waals surface area contributed by atoms with Crippen LogP contribution in [-0.4, -0.2) is 34.6 Å². The highest BCUT2D eigenvalue weighted by atomic mass is 16.7. The maximum absolute atomic E-state index is 13.0. The zero-order valence-corrected chi connectivity index (χ0v) is 20.9. The fourth-order valence-electron chi connectivity index (χ4n) is 3.56. The molecule has 1 amide bonds. The monoisotopic (exact) mass is 478 g/mol. The van der Waals surface area contributed by atoms with Crippen molar-refractivity contribution in [1.29, 1.82) is 5.26 Å². The van der Waals surface area contributed by atoms with Gasteiger partial charge in [-0.2, -0.15) is 5.26 Å². The Morgan fingerprint density at radius 1 is 1.11 bits per heavy atom. The van der Waals surface area contributed by atoms with E-state index >= 15 is 0 Å². The number of nitrogens with zero attached hydrogens (tertiary/aromatic N) is 4. The third-order valence-electron chi connectivity index (χ3n) is 5.48. The smallest absolute Gasteiger partial charge is 0.246 e. The summed E-state index contributed by atoms with van der Waals surface area (Å²) < 4.78 is 0. The van der Waals surface area contributed by atoms with Crippen LogP contribution in [0.15, 0.2) is 59.9 Å². The number of benzene rings is 1. The molecule has 2 rings (SSSR count). The van der Waals surface area contributed by atoms with Crippen LogP contribution in [0.5, 0.6) is 0 Å². The van der Waals surface area contributed by atoms with Crippen molar-refractivity contribution < 1.29 is 9.63 Å². The molecule has 0 bridgehead atoms. The van der Waals surface area contributed by atoms with E-state index in [4.69, 9.17) is 10.1 Å². The first kappa shape index (κ1) is 27.8. The lowest BCUT2D eigenvalue weighted by Crippen LogP contribution is -2.34. The highest BCUT2D eigenvalue weighted by Crippen LogP contribution is 2.15. The van der Waals surface area contributed by atoms with Crippen LogP contribution in [0.4, 0.5) is 5.69 Å². The molecule has 2 N–H and O–H groups in total. The van der Waals surface area contributed by atoms with Gasteiger partial charge >= 0.3 is 0 Å². The minimum Gasteiger partial charge on any atom is -0.325 e. The second kappa shape index (κ2) is 17.1. The van der Waals surface area contributed by atoms with Crippen LogP contribution in [0.25, 0.3) is 0 Å². The van der Waals surface area contributed by atoms with Gasteiger partial charge in [-0.3, -0.25) is 24.9 Å². The number of guanidine groups is 1. The molecule has 0 fully saturated rings. The summed E-state index contributed by atoms with van der Waals surface area (Å²) in [6.07, 6.45) is 12.2. The highest BCUT2D eigenvalue weighted by Gasteiger charge is 2.19. The van der Waals surface area contributed by atoms with E-state index in [2.05, 4.69) is 34.5 Å². The molecule has 0 saturated carbocycles. The number of aromatic nitrogens is 1. The van der Waals surface area contributed by atoms with E-state index in [1.807, 2.05) is 36.5 Å². The molecule has 0 aliphatic rings. The molecule has 188 valence electrons. The van der Waals surface area contributed by atoms with Gasteiger partial charge in [0, 0.05) is 31.0 Å². The number of nitriles is 1. The van der Waals surface area contributed by atoms with Gasteiger partial charge in [0.1, 0.15) is 0 Å². The molecule has 1 unspecified atom stereocenters. The number of hydrogen-bond donors (Lipinski definition) is 2. The Morgan fingerprint density at radius 2 is 1.86 bits per heavy atom. The van der Waals surface area contributed by atoms with Crippen LogP contribution in [0.3, 0.4) is 0 Å². The van der Waals surface area contributed by atoms with Crippen LogP contribution < -0.4 is 10.6 Å². The summed E-state index contributed by atoms with van der Waals surface area (Å²) >= 11 is 0. The lowest BCUT2D eigenvalue weighted by molar-refractivity contribution is -0.212. The molecule has 0 aliphatic carbocycles. The predicted octanol–water partition coefficient (Wildman–Crippen LogP) is 5.41. The number of rotatable bonds is 15. The Bertz CT molecular complexity index is 914. The van der Waals surface area contributed by atoms with Gasteiger partial charge in [0.25, 0.3) is 0 Å². The number of amides is 1. The second-order valence-electron chi connectivity index (χ2n) is 8.33.